The molecular formula is C7H8N2O2. The molecule has 0 saturated carbocycles. The number of nitrogens with two attached hydrogens (primary N) is 1. The summed E-state index contributed by atoms with van der Waals surface area (Å²) in [4.78, 5) is 14.1. The van der Waals surface area contributed by atoms with E-state index in [4.69, 9.17) is 10.8 Å². The van der Waals surface area contributed by atoms with Gasteiger partial charge in [-0.3, -0.25) is 4.98 Å². The number of hydrogen-bond acceptors (Lipinski definition) is 3. The van der Waals surface area contributed by atoms with Gasteiger partial charge in [0, 0.05) is 18.9 Å². The topological polar surface area (TPSA) is 76.2 Å². The molecule has 1 aromatic heterocycles. The molecule has 1 rings (SSSR count). The zero-order valence-corrected chi connectivity index (χ0v) is 5.82. The second kappa shape index (κ2) is 3.12. The molecule has 58 valence electrons. The van der Waals surface area contributed by atoms with E-state index in [1.807, 2.05) is 0 Å². The summed E-state index contributed by atoms with van der Waals surface area (Å²) in [5.74, 6) is -0.979. The van der Waals surface area contributed by atoms with Crippen molar-refractivity contribution in [3.63, 3.8) is 0 Å². The Morgan fingerprint density at radius 2 is 2.36 bits per heavy atom. The summed E-state index contributed by atoms with van der Waals surface area (Å²) in [6.45, 7) is 0.314. The summed E-state index contributed by atoms with van der Waals surface area (Å²) >= 11 is 0. The van der Waals surface area contributed by atoms with Crippen molar-refractivity contribution in [3.05, 3.63) is 29.6 Å². The first-order chi connectivity index (χ1) is 5.24. The molecular weight excluding hydrogens is 144 g/mol. The van der Waals surface area contributed by atoms with E-state index in [2.05, 4.69) is 4.98 Å². The van der Waals surface area contributed by atoms with Crippen LogP contribution in [0.5, 0.6) is 0 Å². The monoisotopic (exact) mass is 152 g/mol. The summed E-state index contributed by atoms with van der Waals surface area (Å²) in [5.41, 5.74) is 6.19. The fraction of sp³-hybridized carbons (Fsp3) is 0.143. The summed E-state index contributed by atoms with van der Waals surface area (Å²) in [6.07, 6.45) is 2.84. The number of aromatic carboxylic acids is 1. The molecule has 3 N–H and O–H groups in total. The van der Waals surface area contributed by atoms with Crippen molar-refractivity contribution >= 4 is 5.97 Å². The second-order valence-corrected chi connectivity index (χ2v) is 2.09. The molecule has 0 saturated heterocycles. The lowest BCUT2D eigenvalue weighted by Gasteiger charge is -1.96. The first-order valence-electron chi connectivity index (χ1n) is 3.11. The summed E-state index contributed by atoms with van der Waals surface area (Å²) in [7, 11) is 0. The Morgan fingerprint density at radius 1 is 1.64 bits per heavy atom. The Labute approximate surface area is 63.7 Å². The third-order valence-electron chi connectivity index (χ3n) is 1.28. The van der Waals surface area contributed by atoms with E-state index in [1.165, 1.54) is 12.3 Å². The number of carbonyl (C=O) groups is 1. The van der Waals surface area contributed by atoms with E-state index in [0.29, 0.717) is 6.54 Å². The van der Waals surface area contributed by atoms with E-state index in [-0.39, 0.29) is 5.56 Å². The van der Waals surface area contributed by atoms with Crippen LogP contribution in [-0.2, 0) is 6.54 Å². The van der Waals surface area contributed by atoms with Gasteiger partial charge in [-0.2, -0.15) is 0 Å². The van der Waals surface area contributed by atoms with Gasteiger partial charge in [-0.1, -0.05) is 0 Å². The van der Waals surface area contributed by atoms with Gasteiger partial charge in [0.1, 0.15) is 0 Å². The zero-order valence-electron chi connectivity index (χ0n) is 5.82. The van der Waals surface area contributed by atoms with Gasteiger partial charge in [0.2, 0.25) is 0 Å². The summed E-state index contributed by atoms with van der Waals surface area (Å²) < 4.78 is 0. The van der Waals surface area contributed by atoms with Crippen LogP contribution in [-0.4, -0.2) is 16.1 Å². The van der Waals surface area contributed by atoms with Gasteiger partial charge in [-0.05, 0) is 11.6 Å². The predicted molar refractivity (Wildman–Crippen MR) is 39.1 cm³/mol. The Kier molecular flexibility index (Phi) is 2.18. The summed E-state index contributed by atoms with van der Waals surface area (Å²) in [5, 5.41) is 8.52. The molecule has 4 nitrogen and oxygen atoms in total. The minimum Gasteiger partial charge on any atom is -0.478 e. The third-order valence-corrected chi connectivity index (χ3v) is 1.28. The largest absolute Gasteiger partial charge is 0.478 e. The van der Waals surface area contributed by atoms with Crippen molar-refractivity contribution in [1.82, 2.24) is 4.98 Å². The van der Waals surface area contributed by atoms with Gasteiger partial charge in [-0.25, -0.2) is 4.79 Å². The average Bonchev–Trinajstić information content (AvgIpc) is 2.05. The molecule has 11 heavy (non-hydrogen) atoms. The van der Waals surface area contributed by atoms with E-state index >= 15 is 0 Å². The molecule has 0 aromatic carbocycles. The molecule has 0 fully saturated rings. The molecule has 0 aliphatic rings. The molecule has 0 spiro atoms. The zero-order chi connectivity index (χ0) is 8.27. The molecule has 1 aromatic rings. The van der Waals surface area contributed by atoms with Crippen molar-refractivity contribution in [1.29, 1.82) is 0 Å². The summed E-state index contributed by atoms with van der Waals surface area (Å²) in [6, 6.07) is 1.51. The fourth-order valence-electron chi connectivity index (χ4n) is 0.716. The molecule has 0 amide bonds. The van der Waals surface area contributed by atoms with Crippen LogP contribution in [0.4, 0.5) is 0 Å². The Morgan fingerprint density at radius 3 is 2.91 bits per heavy atom. The molecule has 0 atom stereocenters. The molecule has 0 bridgehead atoms. The highest BCUT2D eigenvalue weighted by Crippen LogP contribution is 2.00. The van der Waals surface area contributed by atoms with Crippen molar-refractivity contribution in [2.75, 3.05) is 0 Å². The van der Waals surface area contributed by atoms with Crippen LogP contribution in [0.15, 0.2) is 18.5 Å². The highest BCUT2D eigenvalue weighted by Gasteiger charge is 2.02. The van der Waals surface area contributed by atoms with Crippen LogP contribution in [0.1, 0.15) is 15.9 Å². The third kappa shape index (κ3) is 1.75. The van der Waals surface area contributed by atoms with Crippen LogP contribution in [0.25, 0.3) is 0 Å². The standard InChI is InChI=1S/C7H8N2O2/c8-2-5-1-6(7(10)11)4-9-3-5/h1,3-4H,2,8H2,(H,10,11). The molecule has 0 unspecified atom stereocenters. The molecule has 1 heterocycles. The molecule has 0 aliphatic carbocycles. The normalized spacial score (nSPS) is 9.55. The lowest BCUT2D eigenvalue weighted by atomic mass is 10.2. The SMILES string of the molecule is NCc1cncc(C(=O)O)c1. The van der Waals surface area contributed by atoms with Crippen LogP contribution in [0, 0.1) is 0 Å². The number of hydrogen-bond donors (Lipinski definition) is 2. The minimum atomic E-state index is -0.979. The number of carboxylic acids is 1. The first-order valence-corrected chi connectivity index (χ1v) is 3.11. The maximum Gasteiger partial charge on any atom is 0.337 e. The maximum absolute atomic E-state index is 10.4. The van der Waals surface area contributed by atoms with E-state index in [0.717, 1.165) is 5.56 Å². The van der Waals surface area contributed by atoms with Crippen molar-refractivity contribution in [3.8, 4) is 0 Å². The average molecular weight is 152 g/mol. The van der Waals surface area contributed by atoms with Crippen LogP contribution < -0.4 is 5.73 Å². The van der Waals surface area contributed by atoms with Gasteiger partial charge in [-0.15, -0.1) is 0 Å². The van der Waals surface area contributed by atoms with Crippen LogP contribution in [0.3, 0.4) is 0 Å². The number of pyridine rings is 1. The molecule has 4 heteroatoms. The number of carboxylic acid groups (broad SMARTS) is 1. The number of nitrogens with zero attached hydrogens (tertiary/aromatic N) is 1. The van der Waals surface area contributed by atoms with E-state index in [9.17, 15) is 4.79 Å². The Balaban J connectivity index is 3.01. The van der Waals surface area contributed by atoms with Crippen molar-refractivity contribution in [2.24, 2.45) is 5.73 Å². The van der Waals surface area contributed by atoms with Gasteiger partial charge in [0.15, 0.2) is 0 Å². The molecule has 0 radical (unpaired) electrons. The van der Waals surface area contributed by atoms with Crippen molar-refractivity contribution < 1.29 is 9.90 Å². The van der Waals surface area contributed by atoms with Gasteiger partial charge in [0.05, 0.1) is 5.56 Å². The van der Waals surface area contributed by atoms with Crippen LogP contribution in [0.2, 0.25) is 0 Å². The lowest BCUT2D eigenvalue weighted by molar-refractivity contribution is 0.0696. The highest BCUT2D eigenvalue weighted by molar-refractivity contribution is 5.87. The fourth-order valence-corrected chi connectivity index (χ4v) is 0.716. The van der Waals surface area contributed by atoms with E-state index < -0.39 is 5.97 Å². The first kappa shape index (κ1) is 7.68. The van der Waals surface area contributed by atoms with E-state index in [1.54, 1.807) is 6.20 Å². The Bertz CT molecular complexity index is 273. The lowest BCUT2D eigenvalue weighted by Crippen LogP contribution is -2.02. The van der Waals surface area contributed by atoms with Crippen molar-refractivity contribution in [2.45, 2.75) is 6.54 Å². The van der Waals surface area contributed by atoms with Gasteiger partial charge in [0.25, 0.3) is 0 Å². The van der Waals surface area contributed by atoms with Crippen LogP contribution >= 0.6 is 0 Å². The predicted octanol–water partition coefficient (Wildman–Crippen LogP) is 0.238. The molecule has 0 aliphatic heterocycles. The number of aromatic nitrogens is 1. The highest BCUT2D eigenvalue weighted by atomic mass is 16.4. The maximum atomic E-state index is 10.4. The quantitative estimate of drug-likeness (QED) is 0.636. The Hall–Kier alpha value is -1.42. The van der Waals surface area contributed by atoms with Gasteiger partial charge < -0.3 is 10.8 Å². The van der Waals surface area contributed by atoms with Gasteiger partial charge >= 0.3 is 5.97 Å². The minimum absolute atomic E-state index is 0.174. The second-order valence-electron chi connectivity index (χ2n) is 2.09. The number of rotatable bonds is 2. The smallest absolute Gasteiger partial charge is 0.337 e.